The summed E-state index contributed by atoms with van der Waals surface area (Å²) in [5.74, 6) is -0.646. The molecule has 1 unspecified atom stereocenters. The first kappa shape index (κ1) is 30.3. The molecule has 6 nitrogen and oxygen atoms in total. The van der Waals surface area contributed by atoms with Crippen LogP contribution in [0.1, 0.15) is 45.0 Å². The number of nitrogens with two attached hydrogens (primary N) is 1. The molecule has 16 heteroatoms. The molecule has 2 N–H and O–H groups in total. The third-order valence-electron chi connectivity index (χ3n) is 7.17. The van der Waals surface area contributed by atoms with E-state index in [0.29, 0.717) is 27.9 Å². The summed E-state index contributed by atoms with van der Waals surface area (Å²) in [5.41, 5.74) is 4.24. The van der Waals surface area contributed by atoms with E-state index < -0.39 is 35.0 Å². The number of aryl methyl sites for hydroxylation is 1. The SMILES string of the molecule is Cc1nn(-c2nc3c(s2)SC(C)c2cc(Cl)c(Cl)cc2-3)c(C(=O)N2CC(N)C2)c1-c1cc(C(F)(F)F)cc(C(F)(F)F)c1. The lowest BCUT2D eigenvalue weighted by Crippen LogP contribution is -2.58. The molecule has 0 spiro atoms. The molecule has 4 heterocycles. The van der Waals surface area contributed by atoms with Gasteiger partial charge in [-0.15, -0.1) is 11.8 Å². The van der Waals surface area contributed by atoms with Gasteiger partial charge in [0, 0.05) is 35.5 Å². The van der Waals surface area contributed by atoms with Gasteiger partial charge in [0.1, 0.15) is 5.69 Å². The number of halogens is 8. The molecule has 226 valence electrons. The maximum absolute atomic E-state index is 13.8. The molecule has 6 rings (SSSR count). The van der Waals surface area contributed by atoms with Gasteiger partial charge in [0.25, 0.3) is 5.91 Å². The minimum Gasteiger partial charge on any atom is -0.334 e. The van der Waals surface area contributed by atoms with Gasteiger partial charge < -0.3 is 10.6 Å². The van der Waals surface area contributed by atoms with Crippen molar-refractivity contribution in [2.75, 3.05) is 13.1 Å². The minimum atomic E-state index is -5.08. The van der Waals surface area contributed by atoms with Gasteiger partial charge in [-0.3, -0.25) is 4.79 Å². The Bertz CT molecular complexity index is 1760. The van der Waals surface area contributed by atoms with Crippen LogP contribution in [0.5, 0.6) is 0 Å². The number of alkyl halides is 6. The van der Waals surface area contributed by atoms with Gasteiger partial charge in [0.2, 0.25) is 5.13 Å². The Labute approximate surface area is 258 Å². The number of aromatic nitrogens is 3. The molecule has 0 aliphatic carbocycles. The Morgan fingerprint density at radius 3 is 2.19 bits per heavy atom. The number of benzene rings is 2. The van der Waals surface area contributed by atoms with Crippen LogP contribution in [0, 0.1) is 6.92 Å². The molecule has 0 bridgehead atoms. The Kier molecular flexibility index (Phi) is 7.32. The van der Waals surface area contributed by atoms with Gasteiger partial charge in [0.15, 0.2) is 0 Å². The molecular formula is C27H19Cl2F6N5OS2. The summed E-state index contributed by atoms with van der Waals surface area (Å²) in [6, 6.07) is 4.35. The van der Waals surface area contributed by atoms with Crippen LogP contribution in [0.15, 0.2) is 34.5 Å². The zero-order chi connectivity index (χ0) is 31.2. The summed E-state index contributed by atoms with van der Waals surface area (Å²) in [4.78, 5) is 19.9. The van der Waals surface area contributed by atoms with Crippen LogP contribution in [0.2, 0.25) is 10.0 Å². The van der Waals surface area contributed by atoms with E-state index in [1.54, 1.807) is 12.1 Å². The molecular weight excluding hydrogens is 659 g/mol. The average Bonchev–Trinajstić information content (AvgIpc) is 3.47. The average molecular weight is 679 g/mol. The zero-order valence-electron chi connectivity index (χ0n) is 22.1. The molecule has 2 aliphatic rings. The third-order valence-corrected chi connectivity index (χ3v) is 10.3. The monoisotopic (exact) mass is 677 g/mol. The van der Waals surface area contributed by atoms with E-state index in [0.717, 1.165) is 15.3 Å². The van der Waals surface area contributed by atoms with Crippen LogP contribution < -0.4 is 5.73 Å². The van der Waals surface area contributed by atoms with Crippen molar-refractivity contribution in [3.8, 4) is 27.5 Å². The smallest absolute Gasteiger partial charge is 0.334 e. The predicted octanol–water partition coefficient (Wildman–Crippen LogP) is 8.27. The van der Waals surface area contributed by atoms with Crippen LogP contribution in [0.3, 0.4) is 0 Å². The Hall–Kier alpha value is -2.78. The van der Waals surface area contributed by atoms with Gasteiger partial charge in [-0.1, -0.05) is 34.5 Å². The number of fused-ring (bicyclic) bond motifs is 3. The second-order valence-corrected chi connectivity index (χ2v) is 13.6. The van der Waals surface area contributed by atoms with Crippen molar-refractivity contribution in [1.82, 2.24) is 19.7 Å². The van der Waals surface area contributed by atoms with E-state index in [4.69, 9.17) is 33.9 Å². The van der Waals surface area contributed by atoms with E-state index in [-0.39, 0.29) is 52.5 Å². The lowest BCUT2D eigenvalue weighted by Gasteiger charge is -2.37. The fourth-order valence-electron chi connectivity index (χ4n) is 5.10. The van der Waals surface area contributed by atoms with Crippen LogP contribution in [-0.2, 0) is 12.4 Å². The number of thioether (sulfide) groups is 1. The minimum absolute atomic E-state index is 0.0324. The quantitative estimate of drug-likeness (QED) is 0.221. The summed E-state index contributed by atoms with van der Waals surface area (Å²) in [6.45, 7) is 3.71. The van der Waals surface area contributed by atoms with Crippen LogP contribution in [-0.4, -0.2) is 44.7 Å². The van der Waals surface area contributed by atoms with Crippen molar-refractivity contribution >= 4 is 52.2 Å². The van der Waals surface area contributed by atoms with E-state index in [2.05, 4.69) is 5.10 Å². The summed E-state index contributed by atoms with van der Waals surface area (Å²) >= 11 is 15.2. The van der Waals surface area contributed by atoms with Crippen molar-refractivity contribution in [3.63, 3.8) is 0 Å². The molecule has 4 aromatic rings. The summed E-state index contributed by atoms with van der Waals surface area (Å²) in [5, 5.41) is 5.30. The number of rotatable bonds is 3. The first-order chi connectivity index (χ1) is 20.0. The van der Waals surface area contributed by atoms with Crippen molar-refractivity contribution in [1.29, 1.82) is 0 Å². The molecule has 0 saturated carbocycles. The predicted molar refractivity (Wildman–Crippen MR) is 153 cm³/mol. The Morgan fingerprint density at radius 1 is 1.00 bits per heavy atom. The second-order valence-electron chi connectivity index (χ2n) is 10.2. The summed E-state index contributed by atoms with van der Waals surface area (Å²) < 4.78 is 84.4. The summed E-state index contributed by atoms with van der Waals surface area (Å²) in [7, 11) is 0. The number of carbonyl (C=O) groups is 1. The van der Waals surface area contributed by atoms with Crippen molar-refractivity contribution in [3.05, 3.63) is 68.5 Å². The Morgan fingerprint density at radius 2 is 1.60 bits per heavy atom. The summed E-state index contributed by atoms with van der Waals surface area (Å²) in [6.07, 6.45) is -10.2. The highest BCUT2D eigenvalue weighted by Gasteiger charge is 2.40. The number of nitrogens with zero attached hydrogens (tertiary/aromatic N) is 4. The molecule has 0 radical (unpaired) electrons. The maximum Gasteiger partial charge on any atom is 0.416 e. The topological polar surface area (TPSA) is 77.0 Å². The van der Waals surface area contributed by atoms with Gasteiger partial charge in [0.05, 0.1) is 36.8 Å². The van der Waals surface area contributed by atoms with Crippen LogP contribution in [0.25, 0.3) is 27.5 Å². The number of amides is 1. The molecule has 1 fully saturated rings. The maximum atomic E-state index is 13.8. The molecule has 1 saturated heterocycles. The van der Waals surface area contributed by atoms with Crippen molar-refractivity contribution < 1.29 is 31.1 Å². The van der Waals surface area contributed by atoms with Crippen LogP contribution in [0.4, 0.5) is 26.3 Å². The zero-order valence-corrected chi connectivity index (χ0v) is 25.2. The highest BCUT2D eigenvalue weighted by atomic mass is 35.5. The molecule has 1 amide bonds. The first-order valence-corrected chi connectivity index (χ1v) is 15.1. The van der Waals surface area contributed by atoms with Crippen LogP contribution >= 0.6 is 46.3 Å². The van der Waals surface area contributed by atoms with Gasteiger partial charge >= 0.3 is 12.4 Å². The van der Waals surface area contributed by atoms with E-state index >= 15 is 0 Å². The van der Waals surface area contributed by atoms with Gasteiger partial charge in [-0.2, -0.15) is 36.1 Å². The fraction of sp³-hybridized carbons (Fsp3) is 0.296. The third kappa shape index (κ3) is 5.30. The molecule has 43 heavy (non-hydrogen) atoms. The van der Waals surface area contributed by atoms with Crippen molar-refractivity contribution in [2.24, 2.45) is 5.73 Å². The lowest BCUT2D eigenvalue weighted by molar-refractivity contribution is -0.143. The highest BCUT2D eigenvalue weighted by molar-refractivity contribution is 8.01. The number of hydrogen-bond donors (Lipinski definition) is 1. The number of likely N-dealkylation sites (tertiary alicyclic amines) is 1. The molecule has 2 aliphatic heterocycles. The number of carbonyl (C=O) groups excluding carboxylic acids is 1. The van der Waals surface area contributed by atoms with Crippen molar-refractivity contribution in [2.45, 2.75) is 41.7 Å². The largest absolute Gasteiger partial charge is 0.416 e. The normalized spacial score (nSPS) is 17.1. The number of hydrogen-bond acceptors (Lipinski definition) is 6. The molecule has 2 aromatic heterocycles. The standard InChI is InChI=1S/C27H19Cl2F6N5OS2/c1-10-20(12-3-13(26(30,31)32)5-14(4-12)27(33,34)35)22(23(41)39-8-15(36)9-39)40(38-10)25-37-21-17-7-19(29)18(28)6-16(17)11(2)42-24(21)43-25/h3-7,11,15H,8-9,36H2,1-2H3. The fourth-order valence-corrected chi connectivity index (χ4v) is 7.97. The lowest BCUT2D eigenvalue weighted by atomic mass is 9.96. The first-order valence-electron chi connectivity index (χ1n) is 12.6. The molecule has 1 atom stereocenters. The second kappa shape index (κ2) is 10.4. The highest BCUT2D eigenvalue weighted by Crippen LogP contribution is 2.53. The van der Waals surface area contributed by atoms with E-state index in [1.807, 2.05) is 6.92 Å². The molecule has 2 aromatic carbocycles. The Balaban J connectivity index is 1.57. The van der Waals surface area contributed by atoms with Gasteiger partial charge in [-0.05, 0) is 55.3 Å². The number of thiazole rings is 1. The van der Waals surface area contributed by atoms with E-state index in [9.17, 15) is 31.1 Å². The van der Waals surface area contributed by atoms with E-state index in [1.165, 1.54) is 39.6 Å². The van der Waals surface area contributed by atoms with Gasteiger partial charge in [-0.25, -0.2) is 4.98 Å².